The van der Waals surface area contributed by atoms with Crippen LogP contribution < -0.4 is 16.0 Å². The molecule has 6 heterocycles. The van der Waals surface area contributed by atoms with Gasteiger partial charge in [-0.25, -0.2) is 9.97 Å². The van der Waals surface area contributed by atoms with E-state index in [1.54, 1.807) is 36.1 Å². The van der Waals surface area contributed by atoms with E-state index >= 15 is 0 Å². The number of fused-ring (bicyclic) bond motifs is 1. The van der Waals surface area contributed by atoms with Crippen LogP contribution in [-0.4, -0.2) is 112 Å². The van der Waals surface area contributed by atoms with Crippen LogP contribution in [0.2, 0.25) is 0 Å². The number of nitrogen functional groups attached to an aromatic ring is 1. The SMILES string of the molecule is CN1CCN(c2ccc(N)cn2)CC1.Cc1cscc1-c1ccc(C(=O)Nc2ncc(CN3CCN(C)CC3)[nH]2)c2nccnc12. The molecule has 0 unspecified atom stereocenters. The van der Waals surface area contributed by atoms with Gasteiger partial charge in [-0.05, 0) is 61.1 Å². The summed E-state index contributed by atoms with van der Waals surface area (Å²) in [7, 11) is 4.29. The maximum absolute atomic E-state index is 13.1. The van der Waals surface area contributed by atoms with Crippen molar-refractivity contribution >= 4 is 45.7 Å². The smallest absolute Gasteiger partial charge is 0.260 e. The molecule has 2 aliphatic heterocycles. The molecule has 0 radical (unpaired) electrons. The molecule has 0 bridgehead atoms. The number of aromatic amines is 1. The number of nitrogens with zero attached hydrogens (tertiary/aromatic N) is 8. The zero-order valence-electron chi connectivity index (χ0n) is 26.6. The van der Waals surface area contributed by atoms with Crippen LogP contribution in [0.3, 0.4) is 0 Å². The average Bonchev–Trinajstić information content (AvgIpc) is 3.70. The van der Waals surface area contributed by atoms with E-state index in [-0.39, 0.29) is 5.91 Å². The number of aromatic nitrogens is 5. The van der Waals surface area contributed by atoms with Gasteiger partial charge in [-0.1, -0.05) is 6.07 Å². The van der Waals surface area contributed by atoms with Crippen LogP contribution in [0.5, 0.6) is 0 Å². The van der Waals surface area contributed by atoms with Crippen molar-refractivity contribution in [2.75, 3.05) is 82.4 Å². The van der Waals surface area contributed by atoms with Gasteiger partial charge in [-0.2, -0.15) is 11.3 Å². The van der Waals surface area contributed by atoms with Crippen LogP contribution in [0.4, 0.5) is 17.5 Å². The molecule has 0 aliphatic carbocycles. The van der Waals surface area contributed by atoms with Crippen LogP contribution >= 0.6 is 11.3 Å². The third-order valence-corrected chi connectivity index (χ3v) is 9.33. The fourth-order valence-electron chi connectivity index (χ4n) is 5.64. The minimum Gasteiger partial charge on any atom is -0.397 e. The van der Waals surface area contributed by atoms with E-state index < -0.39 is 0 Å². The number of carbonyl (C=O) groups excluding carboxylic acids is 1. The standard InChI is InChI=1S/C23H25N7OS.C10H16N4/c1-15-13-32-14-19(15)17-3-4-18(21-20(17)24-5-6-25-21)22(31)28-23-26-11-16(27-23)12-30-9-7-29(2)8-10-30;1-13-4-6-14(7-5-13)10-3-2-9(11)8-12-10/h3-6,11,13-14H,7-10,12H2,1-2H3,(H2,26,27,28,31);2-3,8H,4-7,11H2,1H3. The van der Waals surface area contributed by atoms with E-state index in [2.05, 4.69) is 81.6 Å². The second-order valence-electron chi connectivity index (χ2n) is 11.9. The summed E-state index contributed by atoms with van der Waals surface area (Å²) in [6.07, 6.45) is 6.78. The minimum atomic E-state index is -0.260. The van der Waals surface area contributed by atoms with E-state index in [4.69, 9.17) is 5.73 Å². The fourth-order valence-corrected chi connectivity index (χ4v) is 6.49. The molecule has 2 saturated heterocycles. The van der Waals surface area contributed by atoms with Gasteiger partial charge in [0.2, 0.25) is 5.95 Å². The minimum absolute atomic E-state index is 0.260. The molecule has 2 aliphatic rings. The van der Waals surface area contributed by atoms with Gasteiger partial charge in [0.15, 0.2) is 0 Å². The molecular formula is C33H41N11OS. The Bertz CT molecular complexity index is 1750. The van der Waals surface area contributed by atoms with Crippen LogP contribution in [0.25, 0.3) is 22.2 Å². The van der Waals surface area contributed by atoms with Crippen molar-refractivity contribution in [3.63, 3.8) is 0 Å². The van der Waals surface area contributed by atoms with Crippen molar-refractivity contribution in [1.29, 1.82) is 0 Å². The van der Waals surface area contributed by atoms with E-state index in [9.17, 15) is 4.79 Å². The van der Waals surface area contributed by atoms with E-state index in [1.165, 1.54) is 5.56 Å². The highest BCUT2D eigenvalue weighted by Crippen LogP contribution is 2.32. The summed E-state index contributed by atoms with van der Waals surface area (Å²) in [4.78, 5) is 43.3. The summed E-state index contributed by atoms with van der Waals surface area (Å²) in [6, 6.07) is 7.65. The van der Waals surface area contributed by atoms with Gasteiger partial charge >= 0.3 is 0 Å². The number of H-pyrrole nitrogens is 1. The number of anilines is 3. The Hall–Kier alpha value is -4.43. The molecule has 1 amide bonds. The summed E-state index contributed by atoms with van der Waals surface area (Å²) in [5.74, 6) is 1.21. The first-order valence-electron chi connectivity index (χ1n) is 15.5. The zero-order chi connectivity index (χ0) is 32.0. The summed E-state index contributed by atoms with van der Waals surface area (Å²) < 4.78 is 0. The highest BCUT2D eigenvalue weighted by atomic mass is 32.1. The third kappa shape index (κ3) is 7.50. The molecule has 46 heavy (non-hydrogen) atoms. The monoisotopic (exact) mass is 639 g/mol. The fraction of sp³-hybridized carbons (Fsp3) is 0.364. The number of aryl methyl sites for hydroxylation is 1. The van der Waals surface area contributed by atoms with Crippen molar-refractivity contribution in [3.05, 3.63) is 76.6 Å². The molecule has 240 valence electrons. The first-order chi connectivity index (χ1) is 22.3. The van der Waals surface area contributed by atoms with Gasteiger partial charge in [0, 0.05) is 76.9 Å². The Morgan fingerprint density at radius 1 is 0.848 bits per heavy atom. The van der Waals surface area contributed by atoms with Crippen molar-refractivity contribution in [1.82, 2.24) is 39.6 Å². The van der Waals surface area contributed by atoms with Gasteiger partial charge in [0.25, 0.3) is 5.91 Å². The number of nitrogens with two attached hydrogens (primary N) is 1. The third-order valence-electron chi connectivity index (χ3n) is 8.46. The highest BCUT2D eigenvalue weighted by Gasteiger charge is 2.19. The zero-order valence-corrected chi connectivity index (χ0v) is 27.4. The molecule has 7 rings (SSSR count). The Labute approximate surface area is 273 Å². The van der Waals surface area contributed by atoms with Gasteiger partial charge in [0.1, 0.15) is 11.3 Å². The molecule has 2 fully saturated rings. The Morgan fingerprint density at radius 2 is 1.57 bits per heavy atom. The maximum Gasteiger partial charge on any atom is 0.260 e. The lowest BCUT2D eigenvalue weighted by Crippen LogP contribution is -2.44. The van der Waals surface area contributed by atoms with E-state index in [0.29, 0.717) is 17.0 Å². The van der Waals surface area contributed by atoms with Gasteiger partial charge in [-0.15, -0.1) is 0 Å². The largest absolute Gasteiger partial charge is 0.397 e. The maximum atomic E-state index is 13.1. The van der Waals surface area contributed by atoms with Crippen LogP contribution in [0.1, 0.15) is 21.6 Å². The predicted octanol–water partition coefficient (Wildman–Crippen LogP) is 3.81. The first kappa shape index (κ1) is 31.5. The van der Waals surface area contributed by atoms with Gasteiger partial charge in [0.05, 0.1) is 34.9 Å². The molecule has 0 saturated carbocycles. The summed E-state index contributed by atoms with van der Waals surface area (Å²) in [5.41, 5.74) is 12.4. The molecular weight excluding hydrogens is 599 g/mol. The van der Waals surface area contributed by atoms with Crippen molar-refractivity contribution < 1.29 is 4.79 Å². The number of pyridine rings is 1. The average molecular weight is 640 g/mol. The Kier molecular flexibility index (Phi) is 9.83. The Morgan fingerprint density at radius 3 is 2.24 bits per heavy atom. The van der Waals surface area contributed by atoms with E-state index in [1.807, 2.05) is 24.3 Å². The normalized spacial score (nSPS) is 16.3. The van der Waals surface area contributed by atoms with Crippen molar-refractivity contribution in [2.45, 2.75) is 13.5 Å². The predicted molar refractivity (Wildman–Crippen MR) is 185 cm³/mol. The number of rotatable bonds is 6. The summed E-state index contributed by atoms with van der Waals surface area (Å²) in [6.45, 7) is 11.3. The second-order valence-corrected chi connectivity index (χ2v) is 12.7. The number of hydrogen-bond acceptors (Lipinski definition) is 11. The van der Waals surface area contributed by atoms with Gasteiger partial charge < -0.3 is 25.4 Å². The van der Waals surface area contributed by atoms with Crippen LogP contribution in [-0.2, 0) is 6.54 Å². The van der Waals surface area contributed by atoms with E-state index in [0.717, 1.165) is 92.7 Å². The lowest BCUT2D eigenvalue weighted by Gasteiger charge is -2.33. The topological polar surface area (TPSA) is 135 Å². The van der Waals surface area contributed by atoms with Gasteiger partial charge in [-0.3, -0.25) is 25.0 Å². The number of amides is 1. The number of thiophene rings is 1. The molecule has 4 aromatic heterocycles. The lowest BCUT2D eigenvalue weighted by atomic mass is 10.0. The number of benzene rings is 1. The summed E-state index contributed by atoms with van der Waals surface area (Å²) >= 11 is 1.65. The second kappa shape index (κ2) is 14.3. The molecule has 12 nitrogen and oxygen atoms in total. The number of hydrogen-bond donors (Lipinski definition) is 3. The number of piperazine rings is 2. The summed E-state index contributed by atoms with van der Waals surface area (Å²) in [5, 5.41) is 7.09. The molecule has 0 atom stereocenters. The lowest BCUT2D eigenvalue weighted by molar-refractivity contribution is 0.102. The molecule has 5 aromatic rings. The molecule has 0 spiro atoms. The number of nitrogens with one attached hydrogen (secondary N) is 2. The van der Waals surface area contributed by atoms with Crippen molar-refractivity contribution in [3.8, 4) is 11.1 Å². The quantitative estimate of drug-likeness (QED) is 0.252. The highest BCUT2D eigenvalue weighted by molar-refractivity contribution is 7.08. The molecule has 4 N–H and O–H groups in total. The van der Waals surface area contributed by atoms with Crippen LogP contribution in [0, 0.1) is 6.92 Å². The first-order valence-corrected chi connectivity index (χ1v) is 16.5. The van der Waals surface area contributed by atoms with Crippen molar-refractivity contribution in [2.24, 2.45) is 0 Å². The number of carbonyl (C=O) groups is 1. The Balaban J connectivity index is 0.000000221. The van der Waals surface area contributed by atoms with Crippen LogP contribution in [0.15, 0.2) is 59.8 Å². The molecule has 1 aromatic carbocycles. The molecule has 13 heteroatoms. The number of likely N-dealkylation sites (N-methyl/N-ethyl adjacent to an activating group) is 2. The number of imidazole rings is 1.